The summed E-state index contributed by atoms with van der Waals surface area (Å²) >= 11 is 0. The second-order valence-electron chi connectivity index (χ2n) is 4.22. The van der Waals surface area contributed by atoms with Crippen molar-refractivity contribution in [3.63, 3.8) is 0 Å². The zero-order valence-electron chi connectivity index (χ0n) is 9.31. The molecule has 0 aromatic rings. The van der Waals surface area contributed by atoms with Gasteiger partial charge >= 0.3 is 0 Å². The number of rotatable bonds is 6. The van der Waals surface area contributed by atoms with Crippen LogP contribution in [-0.4, -0.2) is 43.6 Å². The second kappa shape index (κ2) is 6.20. The van der Waals surface area contributed by atoms with E-state index in [1.54, 1.807) is 0 Å². The van der Waals surface area contributed by atoms with Gasteiger partial charge in [-0.2, -0.15) is 0 Å². The van der Waals surface area contributed by atoms with Gasteiger partial charge in [0.2, 0.25) is 5.91 Å². The van der Waals surface area contributed by atoms with E-state index in [0.29, 0.717) is 0 Å². The molecule has 1 aliphatic rings. The van der Waals surface area contributed by atoms with Gasteiger partial charge in [-0.05, 0) is 19.3 Å². The van der Waals surface area contributed by atoms with E-state index < -0.39 is 21.5 Å². The third kappa shape index (κ3) is 4.94. The van der Waals surface area contributed by atoms with Crippen molar-refractivity contribution in [2.45, 2.75) is 38.1 Å². The van der Waals surface area contributed by atoms with Gasteiger partial charge in [0.1, 0.15) is 5.75 Å². The first-order valence-electron chi connectivity index (χ1n) is 5.64. The number of hydrogen-bond donors (Lipinski definition) is 2. The zero-order chi connectivity index (χ0) is 12.0. The normalized spacial score (nSPS) is 17.6. The summed E-state index contributed by atoms with van der Waals surface area (Å²) in [7, 11) is -3.36. The molecule has 0 aromatic carbocycles. The van der Waals surface area contributed by atoms with Crippen molar-refractivity contribution in [3.8, 4) is 0 Å². The number of amides is 1. The van der Waals surface area contributed by atoms with E-state index in [2.05, 4.69) is 5.32 Å². The molecule has 6 heteroatoms. The fourth-order valence-corrected chi connectivity index (χ4v) is 3.09. The molecule has 1 amide bonds. The van der Waals surface area contributed by atoms with Gasteiger partial charge in [0.15, 0.2) is 9.84 Å². The molecule has 0 atom stereocenters. The Balaban J connectivity index is 2.32. The van der Waals surface area contributed by atoms with Crippen molar-refractivity contribution >= 4 is 15.7 Å². The van der Waals surface area contributed by atoms with Gasteiger partial charge in [-0.3, -0.25) is 4.79 Å². The van der Waals surface area contributed by atoms with Gasteiger partial charge in [0, 0.05) is 12.6 Å². The van der Waals surface area contributed by atoms with Crippen molar-refractivity contribution in [1.82, 2.24) is 5.32 Å². The molecule has 2 N–H and O–H groups in total. The van der Waals surface area contributed by atoms with E-state index in [1.165, 1.54) is 0 Å². The summed E-state index contributed by atoms with van der Waals surface area (Å²) in [6.45, 7) is -0.163. The van der Waals surface area contributed by atoms with E-state index in [1.807, 2.05) is 0 Å². The molecule has 16 heavy (non-hydrogen) atoms. The molecule has 0 aliphatic heterocycles. The average molecular weight is 249 g/mol. The number of carbonyl (C=O) groups is 1. The maximum absolute atomic E-state index is 11.4. The third-order valence-electron chi connectivity index (χ3n) is 2.68. The van der Waals surface area contributed by atoms with Crippen LogP contribution in [0.4, 0.5) is 0 Å². The summed E-state index contributed by atoms with van der Waals surface area (Å²) in [6.07, 6.45) is 4.29. The summed E-state index contributed by atoms with van der Waals surface area (Å²) < 4.78 is 22.8. The Labute approximate surface area is 96.1 Å². The lowest BCUT2D eigenvalue weighted by Gasteiger charge is -2.11. The molecule has 0 bridgehead atoms. The zero-order valence-corrected chi connectivity index (χ0v) is 10.1. The van der Waals surface area contributed by atoms with Gasteiger partial charge < -0.3 is 10.4 Å². The second-order valence-corrected chi connectivity index (χ2v) is 6.40. The van der Waals surface area contributed by atoms with Crippen molar-refractivity contribution < 1.29 is 18.3 Å². The Morgan fingerprint density at radius 3 is 2.50 bits per heavy atom. The van der Waals surface area contributed by atoms with Crippen LogP contribution >= 0.6 is 0 Å². The van der Waals surface area contributed by atoms with Crippen LogP contribution < -0.4 is 5.32 Å². The minimum Gasteiger partial charge on any atom is -0.396 e. The van der Waals surface area contributed by atoms with Gasteiger partial charge in [-0.25, -0.2) is 8.42 Å². The Hall–Kier alpha value is -0.620. The molecule has 0 heterocycles. The lowest BCUT2D eigenvalue weighted by molar-refractivity contribution is -0.119. The molecule has 1 fully saturated rings. The summed E-state index contributed by atoms with van der Waals surface area (Å²) in [4.78, 5) is 11.4. The summed E-state index contributed by atoms with van der Waals surface area (Å²) in [6, 6.07) is 0.153. The standard InChI is InChI=1S/C10H19NO4S/c12-6-3-7-16(14,15)8-10(13)11-9-4-1-2-5-9/h9,12H,1-8H2,(H,11,13). The Morgan fingerprint density at radius 2 is 1.94 bits per heavy atom. The molecular formula is C10H19NO4S. The average Bonchev–Trinajstić information content (AvgIpc) is 2.66. The maximum Gasteiger partial charge on any atom is 0.235 e. The predicted octanol–water partition coefficient (Wildman–Crippen LogP) is -0.158. The molecule has 1 rings (SSSR count). The molecule has 0 radical (unpaired) electrons. The quantitative estimate of drug-likeness (QED) is 0.685. The number of aliphatic hydroxyl groups excluding tert-OH is 1. The predicted molar refractivity (Wildman–Crippen MR) is 60.8 cm³/mol. The molecule has 0 saturated heterocycles. The van der Waals surface area contributed by atoms with E-state index >= 15 is 0 Å². The van der Waals surface area contributed by atoms with E-state index in [9.17, 15) is 13.2 Å². The van der Waals surface area contributed by atoms with Crippen molar-refractivity contribution in [2.24, 2.45) is 0 Å². The summed E-state index contributed by atoms with van der Waals surface area (Å²) in [5, 5.41) is 11.3. The Morgan fingerprint density at radius 1 is 1.31 bits per heavy atom. The molecule has 0 unspecified atom stereocenters. The lowest BCUT2D eigenvalue weighted by atomic mass is 10.2. The third-order valence-corrected chi connectivity index (χ3v) is 4.30. The first-order valence-corrected chi connectivity index (χ1v) is 7.46. The highest BCUT2D eigenvalue weighted by Crippen LogP contribution is 2.17. The summed E-state index contributed by atoms with van der Waals surface area (Å²) in [5.41, 5.74) is 0. The minimum absolute atomic E-state index is 0.123. The fraction of sp³-hybridized carbons (Fsp3) is 0.900. The van der Waals surface area contributed by atoms with Crippen molar-refractivity contribution in [2.75, 3.05) is 18.1 Å². The Kier molecular flexibility index (Phi) is 5.21. The largest absolute Gasteiger partial charge is 0.396 e. The van der Waals surface area contributed by atoms with Crippen LogP contribution in [0.25, 0.3) is 0 Å². The molecule has 1 aliphatic carbocycles. The van der Waals surface area contributed by atoms with Crippen LogP contribution in [0.3, 0.4) is 0 Å². The molecule has 94 valence electrons. The molecular weight excluding hydrogens is 230 g/mol. The number of hydrogen-bond acceptors (Lipinski definition) is 4. The number of nitrogens with one attached hydrogen (secondary N) is 1. The van der Waals surface area contributed by atoms with Crippen LogP contribution in [0.15, 0.2) is 0 Å². The van der Waals surface area contributed by atoms with Gasteiger partial charge in [0.05, 0.1) is 5.75 Å². The monoisotopic (exact) mass is 249 g/mol. The molecule has 1 saturated carbocycles. The molecule has 5 nitrogen and oxygen atoms in total. The van der Waals surface area contributed by atoms with Crippen LogP contribution in [0.1, 0.15) is 32.1 Å². The maximum atomic E-state index is 11.4. The first kappa shape index (κ1) is 13.4. The smallest absolute Gasteiger partial charge is 0.235 e. The Bertz CT molecular complexity index is 320. The molecule has 0 spiro atoms. The number of aliphatic hydroxyl groups is 1. The highest BCUT2D eigenvalue weighted by atomic mass is 32.2. The topological polar surface area (TPSA) is 83.5 Å². The number of sulfone groups is 1. The minimum atomic E-state index is -3.36. The van der Waals surface area contributed by atoms with E-state index in [4.69, 9.17) is 5.11 Å². The first-order chi connectivity index (χ1) is 7.53. The van der Waals surface area contributed by atoms with Gasteiger partial charge in [0.25, 0.3) is 0 Å². The van der Waals surface area contributed by atoms with Gasteiger partial charge in [-0.1, -0.05) is 12.8 Å². The summed E-state index contributed by atoms with van der Waals surface area (Å²) in [5.74, 6) is -0.990. The van der Waals surface area contributed by atoms with E-state index in [-0.39, 0.29) is 24.8 Å². The van der Waals surface area contributed by atoms with E-state index in [0.717, 1.165) is 25.7 Å². The van der Waals surface area contributed by atoms with Crippen LogP contribution in [0.5, 0.6) is 0 Å². The molecule has 0 aromatic heterocycles. The van der Waals surface area contributed by atoms with Crippen LogP contribution in [0.2, 0.25) is 0 Å². The lowest BCUT2D eigenvalue weighted by Crippen LogP contribution is -2.37. The fourth-order valence-electron chi connectivity index (χ4n) is 1.90. The highest BCUT2D eigenvalue weighted by molar-refractivity contribution is 7.92. The van der Waals surface area contributed by atoms with Crippen molar-refractivity contribution in [3.05, 3.63) is 0 Å². The SMILES string of the molecule is O=C(CS(=O)(=O)CCCO)NC1CCCC1. The van der Waals surface area contributed by atoms with Crippen LogP contribution in [-0.2, 0) is 14.6 Å². The number of carbonyl (C=O) groups excluding carboxylic acids is 1. The van der Waals surface area contributed by atoms with Crippen LogP contribution in [0, 0.1) is 0 Å². The highest BCUT2D eigenvalue weighted by Gasteiger charge is 2.21. The van der Waals surface area contributed by atoms with Crippen molar-refractivity contribution in [1.29, 1.82) is 0 Å². The van der Waals surface area contributed by atoms with Gasteiger partial charge in [-0.15, -0.1) is 0 Å².